The van der Waals surface area contributed by atoms with Crippen LogP contribution in [0.1, 0.15) is 143 Å². The highest BCUT2D eigenvalue weighted by molar-refractivity contribution is 7.73. The lowest BCUT2D eigenvalue weighted by Crippen LogP contribution is -2.26. The Kier molecular flexibility index (Phi) is 32.2. The maximum Gasteiger partial charge on any atom is 0.414 e. The van der Waals surface area contributed by atoms with Crippen LogP contribution in [0.2, 0.25) is 0 Å². The van der Waals surface area contributed by atoms with E-state index in [1.54, 1.807) is 192 Å². The highest BCUT2D eigenvalue weighted by Crippen LogP contribution is 2.74. The molecule has 0 saturated carbocycles. The molecular formula is C76H100F2N12O21P4. The number of aromatic carboxylic acids is 1. The van der Waals surface area contributed by atoms with Crippen molar-refractivity contribution in [3.63, 3.8) is 0 Å². The molecule has 4 aromatic carbocycles. The van der Waals surface area contributed by atoms with Crippen LogP contribution in [0.5, 0.6) is 0 Å². The number of hydrogen-bond donors (Lipinski definition) is 2. The summed E-state index contributed by atoms with van der Waals surface area (Å²) in [4.78, 5) is 62.6. The minimum Gasteiger partial charge on any atom is -0.478 e. The number of carboxylic acids is 1. The first-order valence-corrected chi connectivity index (χ1v) is 43.6. The van der Waals surface area contributed by atoms with Crippen molar-refractivity contribution in [2.24, 2.45) is 14.1 Å². The van der Waals surface area contributed by atoms with Gasteiger partial charge in [0.15, 0.2) is 16.9 Å². The molecule has 2 aliphatic rings. The largest absolute Gasteiger partial charge is 0.478 e. The van der Waals surface area contributed by atoms with Gasteiger partial charge in [-0.3, -0.25) is 38.0 Å². The van der Waals surface area contributed by atoms with Gasteiger partial charge >= 0.3 is 54.5 Å². The van der Waals surface area contributed by atoms with Gasteiger partial charge in [0.2, 0.25) is 11.6 Å². The number of anilines is 2. The monoisotopic (exact) mass is 1680 g/mol. The minimum absolute atomic E-state index is 0.00661. The number of aliphatic hydroxyl groups is 1. The number of cyclic esters (lactones) is 2. The van der Waals surface area contributed by atoms with Crippen molar-refractivity contribution in [3.05, 3.63) is 155 Å². The van der Waals surface area contributed by atoms with E-state index in [1.807, 2.05) is 0 Å². The zero-order chi connectivity index (χ0) is 84.6. The van der Waals surface area contributed by atoms with Crippen LogP contribution >= 0.6 is 30.4 Å². The molecule has 10 rings (SSSR count). The molecule has 0 bridgehead atoms. The lowest BCUT2D eigenvalue weighted by molar-refractivity contribution is 0.0300. The smallest absolute Gasteiger partial charge is 0.414 e. The summed E-state index contributed by atoms with van der Waals surface area (Å²) in [5.41, 5.74) is 4.79. The zero-order valence-corrected chi connectivity index (χ0v) is 70.9. The van der Waals surface area contributed by atoms with Gasteiger partial charge in [-0.1, -0.05) is 36.4 Å². The summed E-state index contributed by atoms with van der Waals surface area (Å²) in [5, 5.41) is 39.2. The Morgan fingerprint density at radius 1 is 0.478 bits per heavy atom. The Morgan fingerprint density at radius 3 is 1.09 bits per heavy atom. The van der Waals surface area contributed by atoms with E-state index in [-0.39, 0.29) is 61.5 Å². The van der Waals surface area contributed by atoms with Crippen LogP contribution in [-0.4, -0.2) is 183 Å². The number of hydrogen-bond acceptors (Lipinski definition) is 28. The third-order valence-electron chi connectivity index (χ3n) is 16.1. The first kappa shape index (κ1) is 91.7. The second-order valence-electron chi connectivity index (χ2n) is 28.9. The molecule has 4 aromatic heterocycles. The van der Waals surface area contributed by atoms with Gasteiger partial charge in [-0.05, 0) is 218 Å². The van der Waals surface area contributed by atoms with Crippen molar-refractivity contribution in [1.29, 1.82) is 0 Å². The first-order valence-electron chi connectivity index (χ1n) is 37.1. The highest BCUT2D eigenvalue weighted by Gasteiger charge is 2.55. The van der Waals surface area contributed by atoms with Gasteiger partial charge in [0.05, 0.1) is 105 Å². The van der Waals surface area contributed by atoms with Crippen LogP contribution < -0.4 is 9.80 Å². The van der Waals surface area contributed by atoms with Crippen molar-refractivity contribution in [2.45, 2.75) is 195 Å². The maximum absolute atomic E-state index is 15.3. The molecule has 0 aliphatic carbocycles. The predicted octanol–water partition coefficient (Wildman–Crippen LogP) is 16.0. The quantitative estimate of drug-likeness (QED) is 0.0212. The van der Waals surface area contributed by atoms with Crippen LogP contribution in [-0.2, 0) is 95.6 Å². The van der Waals surface area contributed by atoms with Crippen molar-refractivity contribution in [2.75, 3.05) is 36.1 Å². The molecule has 624 valence electrons. The average molecular weight is 1680 g/mol. The number of aryl methyl sites for hydroxylation is 2. The Bertz CT molecular complexity index is 4680. The summed E-state index contributed by atoms with van der Waals surface area (Å²) in [5.74, 6) is -2.11. The number of nitrogens with zero attached hydrogens (tertiary/aromatic N) is 12. The van der Waals surface area contributed by atoms with Crippen LogP contribution in [0.15, 0.2) is 122 Å². The van der Waals surface area contributed by atoms with E-state index in [0.717, 1.165) is 0 Å². The van der Waals surface area contributed by atoms with E-state index in [9.17, 15) is 41.8 Å². The van der Waals surface area contributed by atoms with Crippen molar-refractivity contribution < 1.29 is 107 Å². The molecule has 115 heavy (non-hydrogen) atoms. The first-order chi connectivity index (χ1) is 54.1. The van der Waals surface area contributed by atoms with Crippen molar-refractivity contribution in [3.8, 4) is 45.3 Å². The Hall–Kier alpha value is -8.78. The fourth-order valence-electron chi connectivity index (χ4n) is 11.6. The maximum atomic E-state index is 15.3. The number of aromatic nitrogens is 10. The van der Waals surface area contributed by atoms with E-state index in [1.165, 1.54) is 74.3 Å². The van der Waals surface area contributed by atoms with Gasteiger partial charge in [0.25, 0.3) is 0 Å². The standard InChI is InChI=1S/C38H49FN6O10P2.C21H36O8P2.C17H15FN6O3/c1-23(2)52-56(48,53-24(3)4)35(57(49,54-25(5)6)55-26(7)8)18-27-10-12-28(13-11-27)37(46)50-22-31-21-45(38(47)51-31)30-15-16-32(33(39)19-30)29-14-17-34(40-20-29)36-41-43-44(9)42-36;1-14(2)26-30(24,27-15(3)4)20(31(25,28-16(5)6)29-17(7)8)13-18-9-11-19(12-10-18)21(22)23;1-23-21-16(20-22-23)15-5-2-10(7-19-15)13-4-3-11(6-14(13)18)24-8-12(9-25)27-17(24)26/h10-17,19-20,23-26,31,35H,18,21-22H2,1-9H3;9-12,14-17,20H,13H2,1-8H3,(H,22,23);2-7,12,25H,8-9H2,1H3/t31-;;12-/m1.1/s1. The molecule has 0 unspecified atom stereocenters. The van der Waals surface area contributed by atoms with Crippen molar-refractivity contribution in [1.82, 2.24) is 50.4 Å². The molecule has 2 saturated heterocycles. The van der Waals surface area contributed by atoms with Gasteiger partial charge in [-0.2, -0.15) is 9.59 Å². The zero-order valence-electron chi connectivity index (χ0n) is 67.3. The molecule has 8 aromatic rings. The number of esters is 1. The van der Waals surface area contributed by atoms with Crippen LogP contribution in [0.4, 0.5) is 29.7 Å². The number of rotatable bonds is 35. The molecule has 2 aliphatic heterocycles. The van der Waals surface area contributed by atoms with E-state index in [2.05, 4.69) is 40.8 Å². The van der Waals surface area contributed by atoms with Crippen molar-refractivity contribution >= 4 is 65.9 Å². The van der Waals surface area contributed by atoms with Gasteiger partial charge in [-0.15, -0.1) is 20.4 Å². The number of tetrazole rings is 2. The average Bonchev–Trinajstić information content (AvgIpc) is 1.71. The molecule has 33 nitrogen and oxygen atoms in total. The number of carbonyl (C=O) groups excluding carboxylic acids is 3. The van der Waals surface area contributed by atoms with Gasteiger partial charge in [0.1, 0.15) is 35.7 Å². The molecule has 2 N–H and O–H groups in total. The summed E-state index contributed by atoms with van der Waals surface area (Å²) >= 11 is 0. The number of carboxylic acid groups (broad SMARTS) is 1. The minimum atomic E-state index is -4.14. The lowest BCUT2D eigenvalue weighted by Gasteiger charge is -2.35. The molecule has 39 heteroatoms. The van der Waals surface area contributed by atoms with E-state index in [0.29, 0.717) is 56.5 Å². The Labute approximate surface area is 666 Å². The number of aliphatic hydroxyl groups excluding tert-OH is 1. The van der Waals surface area contributed by atoms with E-state index >= 15 is 4.39 Å². The summed E-state index contributed by atoms with van der Waals surface area (Å²) < 4.78 is 150. The van der Waals surface area contributed by atoms with Gasteiger partial charge in [0, 0.05) is 34.6 Å². The number of halogens is 2. The number of amides is 2. The summed E-state index contributed by atoms with van der Waals surface area (Å²) in [7, 11) is -13.0. The highest BCUT2D eigenvalue weighted by atomic mass is 31.2. The molecule has 2 fully saturated rings. The van der Waals surface area contributed by atoms with E-state index < -0.39 is 138 Å². The molecule has 0 radical (unpaired) electrons. The van der Waals surface area contributed by atoms with Crippen LogP contribution in [0, 0.1) is 11.6 Å². The fourth-order valence-corrected chi connectivity index (χ4v) is 23.5. The normalized spacial score (nSPS) is 14.9. The third-order valence-corrected chi connectivity index (χ3v) is 28.8. The molecular weight excluding hydrogens is 1580 g/mol. The summed E-state index contributed by atoms with van der Waals surface area (Å²) in [6.45, 7) is 27.0. The van der Waals surface area contributed by atoms with E-state index in [4.69, 9.17) is 60.6 Å². The second kappa shape index (κ2) is 40.4. The number of pyridine rings is 2. The molecule has 2 atom stereocenters. The van der Waals surface area contributed by atoms with Crippen LogP contribution in [0.3, 0.4) is 0 Å². The topological polar surface area (TPSA) is 398 Å². The Morgan fingerprint density at radius 2 is 0.809 bits per heavy atom. The molecule has 2 amide bonds. The SMILES string of the molecule is CC(C)OP(=O)(OC(C)C)C(Cc1ccc(C(=O)O)cc1)P(=O)(OC(C)C)OC(C)C.CC(C)OP(=O)(OC(C)C)C(Cc1ccc(C(=O)OC[C@H]2CN(c3ccc(-c4ccc(-c5nnn(C)n5)nc4)c(F)c3)C(=O)O2)cc1)P(=O)(OC(C)C)OC(C)C.Cn1nnc(-c2ccc(-c3ccc(N4C[C@H](CO)OC4=O)cc3F)cn2)n1. The summed E-state index contributed by atoms with van der Waals surface area (Å²) in [6.07, 6.45) is -3.80. The lowest BCUT2D eigenvalue weighted by atomic mass is 10.1. The number of benzene rings is 4. The number of ether oxygens (including phenoxy) is 3. The van der Waals surface area contributed by atoms with Crippen LogP contribution in [0.25, 0.3) is 45.3 Å². The fraction of sp³-hybridized carbons (Fsp3) is 0.474. The van der Waals surface area contributed by atoms with Gasteiger partial charge in [-0.25, -0.2) is 28.0 Å². The van der Waals surface area contributed by atoms with Gasteiger partial charge < -0.3 is 60.6 Å². The molecule has 0 spiro atoms. The summed E-state index contributed by atoms with van der Waals surface area (Å²) in [6, 6.07) is 27.8. The second-order valence-corrected chi connectivity index (χ2v) is 38.2. The molecule has 6 heterocycles. The predicted molar refractivity (Wildman–Crippen MR) is 422 cm³/mol. The Balaban J connectivity index is 0.000000239. The third kappa shape index (κ3) is 25.4. The number of carbonyl (C=O) groups is 4.